The molecule has 126 valence electrons. The lowest BCUT2D eigenvalue weighted by Gasteiger charge is -2.08. The molecule has 2 rings (SSSR count). The fraction of sp³-hybridized carbons (Fsp3) is 0.600. The van der Waals surface area contributed by atoms with Crippen LogP contribution in [-0.4, -0.2) is 15.0 Å². The van der Waals surface area contributed by atoms with E-state index in [-0.39, 0.29) is 0 Å². The molecule has 0 atom stereocenters. The lowest BCUT2D eigenvalue weighted by atomic mass is 10.1. The van der Waals surface area contributed by atoms with Gasteiger partial charge in [-0.3, -0.25) is 0 Å². The normalized spacial score (nSPS) is 11.0. The predicted octanol–water partition coefficient (Wildman–Crippen LogP) is 5.65. The molecule has 3 nitrogen and oxygen atoms in total. The van der Waals surface area contributed by atoms with E-state index in [1.165, 1.54) is 62.6 Å². The van der Waals surface area contributed by atoms with E-state index >= 15 is 0 Å². The molecule has 0 radical (unpaired) electrons. The largest absolute Gasteiger partial charge is 0.244 e. The molecule has 0 amide bonds. The smallest absolute Gasteiger partial charge is 0.0917 e. The van der Waals surface area contributed by atoms with Crippen LogP contribution >= 0.6 is 0 Å². The molecule has 1 aromatic carbocycles. The summed E-state index contributed by atoms with van der Waals surface area (Å²) in [6, 6.07) is 10.6. The van der Waals surface area contributed by atoms with Crippen molar-refractivity contribution in [2.75, 3.05) is 0 Å². The van der Waals surface area contributed by atoms with Crippen LogP contribution in [0.5, 0.6) is 0 Å². The topological polar surface area (TPSA) is 30.7 Å². The Labute approximate surface area is 141 Å². The van der Waals surface area contributed by atoms with Crippen molar-refractivity contribution in [3.63, 3.8) is 0 Å². The van der Waals surface area contributed by atoms with Gasteiger partial charge in [-0.2, -0.15) is 0 Å². The van der Waals surface area contributed by atoms with Crippen molar-refractivity contribution in [1.82, 2.24) is 15.0 Å². The van der Waals surface area contributed by atoms with Crippen LogP contribution in [-0.2, 0) is 13.0 Å². The Kier molecular flexibility index (Phi) is 7.85. The standard InChI is InChI=1S/C20H31N3/c1-3-5-7-8-9-13-17-23-20(18-14-11-10-12-15-18)19(21-22-23)16-6-4-2/h10-12,14-15H,3-9,13,16-17H2,1-2H3. The van der Waals surface area contributed by atoms with Crippen LogP contribution in [0.4, 0.5) is 0 Å². The van der Waals surface area contributed by atoms with Gasteiger partial charge in [-0.05, 0) is 19.3 Å². The Morgan fingerprint density at radius 1 is 0.826 bits per heavy atom. The van der Waals surface area contributed by atoms with E-state index in [4.69, 9.17) is 0 Å². The first-order valence-corrected chi connectivity index (χ1v) is 9.34. The van der Waals surface area contributed by atoms with E-state index in [1.807, 2.05) is 0 Å². The quantitative estimate of drug-likeness (QED) is 0.502. The zero-order chi connectivity index (χ0) is 16.3. The highest BCUT2D eigenvalue weighted by atomic mass is 15.4. The van der Waals surface area contributed by atoms with Crippen molar-refractivity contribution >= 4 is 0 Å². The summed E-state index contributed by atoms with van der Waals surface area (Å²) in [5.41, 5.74) is 3.63. The van der Waals surface area contributed by atoms with Gasteiger partial charge in [0.15, 0.2) is 0 Å². The average Bonchev–Trinajstić information content (AvgIpc) is 2.99. The Bertz CT molecular complexity index is 545. The third-order valence-electron chi connectivity index (χ3n) is 4.34. The summed E-state index contributed by atoms with van der Waals surface area (Å²) in [6.45, 7) is 5.47. The third kappa shape index (κ3) is 5.49. The van der Waals surface area contributed by atoms with Crippen LogP contribution < -0.4 is 0 Å². The zero-order valence-electron chi connectivity index (χ0n) is 14.8. The van der Waals surface area contributed by atoms with Gasteiger partial charge in [0.1, 0.15) is 0 Å². The minimum atomic E-state index is 0.982. The maximum Gasteiger partial charge on any atom is 0.0917 e. The third-order valence-corrected chi connectivity index (χ3v) is 4.34. The summed E-state index contributed by atoms with van der Waals surface area (Å²) < 4.78 is 2.13. The van der Waals surface area contributed by atoms with Crippen LogP contribution in [0.2, 0.25) is 0 Å². The number of unbranched alkanes of at least 4 members (excludes halogenated alkanes) is 6. The van der Waals surface area contributed by atoms with E-state index in [1.54, 1.807) is 0 Å². The molecule has 0 saturated heterocycles. The molecule has 0 bridgehead atoms. The molecule has 0 aliphatic rings. The molecule has 1 heterocycles. The summed E-state index contributed by atoms with van der Waals surface area (Å²) in [5, 5.41) is 8.92. The number of benzene rings is 1. The number of nitrogens with zero attached hydrogens (tertiary/aromatic N) is 3. The Morgan fingerprint density at radius 3 is 2.26 bits per heavy atom. The van der Waals surface area contributed by atoms with Gasteiger partial charge in [0.05, 0.1) is 11.4 Å². The van der Waals surface area contributed by atoms with Gasteiger partial charge >= 0.3 is 0 Å². The second kappa shape index (κ2) is 10.2. The second-order valence-electron chi connectivity index (χ2n) is 6.35. The summed E-state index contributed by atoms with van der Waals surface area (Å²) in [5.74, 6) is 0. The molecule has 0 N–H and O–H groups in total. The summed E-state index contributed by atoms with van der Waals surface area (Å²) in [6.07, 6.45) is 11.2. The first-order chi connectivity index (χ1) is 11.4. The van der Waals surface area contributed by atoms with Gasteiger partial charge in [0.25, 0.3) is 0 Å². The van der Waals surface area contributed by atoms with Gasteiger partial charge in [-0.15, -0.1) is 5.10 Å². The van der Waals surface area contributed by atoms with E-state index < -0.39 is 0 Å². The van der Waals surface area contributed by atoms with Gasteiger partial charge in [0.2, 0.25) is 0 Å². The molecule has 0 aliphatic heterocycles. The molecule has 0 saturated carbocycles. The van der Waals surface area contributed by atoms with Crippen LogP contribution in [0.1, 0.15) is 70.9 Å². The second-order valence-corrected chi connectivity index (χ2v) is 6.35. The zero-order valence-corrected chi connectivity index (χ0v) is 14.8. The number of hydrogen-bond donors (Lipinski definition) is 0. The molecule has 23 heavy (non-hydrogen) atoms. The van der Waals surface area contributed by atoms with Gasteiger partial charge in [0, 0.05) is 12.1 Å². The molecule has 0 unspecified atom stereocenters. The molecule has 0 fully saturated rings. The number of hydrogen-bond acceptors (Lipinski definition) is 2. The number of rotatable bonds is 11. The Balaban J connectivity index is 2.02. The van der Waals surface area contributed by atoms with Crippen molar-refractivity contribution in [2.24, 2.45) is 0 Å². The predicted molar refractivity (Wildman–Crippen MR) is 97.4 cm³/mol. The first-order valence-electron chi connectivity index (χ1n) is 9.34. The van der Waals surface area contributed by atoms with Gasteiger partial charge in [-0.25, -0.2) is 4.68 Å². The SMILES string of the molecule is CCCCCCCCn1nnc(CCCC)c1-c1ccccc1. The molecule has 0 spiro atoms. The van der Waals surface area contributed by atoms with Crippen molar-refractivity contribution in [1.29, 1.82) is 0 Å². The molecule has 3 heteroatoms. The van der Waals surface area contributed by atoms with Crippen molar-refractivity contribution in [2.45, 2.75) is 78.2 Å². The first kappa shape index (κ1) is 17.7. The summed E-state index contributed by atoms with van der Waals surface area (Å²) in [7, 11) is 0. The maximum atomic E-state index is 4.47. The monoisotopic (exact) mass is 313 g/mol. The van der Waals surface area contributed by atoms with Crippen LogP contribution in [0.15, 0.2) is 30.3 Å². The Hall–Kier alpha value is -1.64. The van der Waals surface area contributed by atoms with Crippen LogP contribution in [0.25, 0.3) is 11.3 Å². The minimum Gasteiger partial charge on any atom is -0.244 e. The maximum absolute atomic E-state index is 4.47. The van der Waals surface area contributed by atoms with E-state index in [2.05, 4.69) is 59.2 Å². The van der Waals surface area contributed by atoms with E-state index in [9.17, 15) is 0 Å². The average molecular weight is 313 g/mol. The summed E-state index contributed by atoms with van der Waals surface area (Å²) in [4.78, 5) is 0. The highest BCUT2D eigenvalue weighted by Crippen LogP contribution is 2.24. The minimum absolute atomic E-state index is 0.982. The summed E-state index contributed by atoms with van der Waals surface area (Å²) >= 11 is 0. The number of aryl methyl sites for hydroxylation is 2. The number of aromatic nitrogens is 3. The van der Waals surface area contributed by atoms with Gasteiger partial charge < -0.3 is 0 Å². The van der Waals surface area contributed by atoms with E-state index in [0.717, 1.165) is 18.7 Å². The highest BCUT2D eigenvalue weighted by Gasteiger charge is 2.14. The molecular weight excluding hydrogens is 282 g/mol. The molecular formula is C20H31N3. The highest BCUT2D eigenvalue weighted by molar-refractivity contribution is 5.61. The molecule has 1 aromatic heterocycles. The Morgan fingerprint density at radius 2 is 1.52 bits per heavy atom. The van der Waals surface area contributed by atoms with E-state index in [0.29, 0.717) is 0 Å². The lowest BCUT2D eigenvalue weighted by Crippen LogP contribution is -2.03. The fourth-order valence-electron chi connectivity index (χ4n) is 2.97. The van der Waals surface area contributed by atoms with Crippen molar-refractivity contribution in [3.05, 3.63) is 36.0 Å². The van der Waals surface area contributed by atoms with Crippen molar-refractivity contribution in [3.8, 4) is 11.3 Å². The lowest BCUT2D eigenvalue weighted by molar-refractivity contribution is 0.519. The molecule has 2 aromatic rings. The van der Waals surface area contributed by atoms with Crippen molar-refractivity contribution < 1.29 is 0 Å². The van der Waals surface area contributed by atoms with Gasteiger partial charge in [-0.1, -0.05) is 87.9 Å². The fourth-order valence-corrected chi connectivity index (χ4v) is 2.97. The molecule has 0 aliphatic carbocycles. The van der Waals surface area contributed by atoms with Crippen LogP contribution in [0.3, 0.4) is 0 Å². The van der Waals surface area contributed by atoms with Crippen LogP contribution in [0, 0.1) is 0 Å².